The van der Waals surface area contributed by atoms with Gasteiger partial charge in [-0.1, -0.05) is 23.2 Å². The Morgan fingerprint density at radius 1 is 0.881 bits per heavy atom. The largest absolute Gasteiger partial charge is 0.443 e. The molecule has 1 aromatic carbocycles. The Balaban J connectivity index is 0.000000164. The normalized spacial score (nSPS) is 18.0. The molecule has 4 N–H and O–H groups in total. The summed E-state index contributed by atoms with van der Waals surface area (Å²) in [6, 6.07) is 7.86. The molecule has 2 aliphatic heterocycles. The molecule has 304 valence electrons. The number of hydrogen-bond acceptors (Lipinski definition) is 12. The first-order valence-electron chi connectivity index (χ1n) is 18.6. The van der Waals surface area contributed by atoms with E-state index in [4.69, 9.17) is 27.9 Å². The van der Waals surface area contributed by atoms with E-state index in [9.17, 15) is 28.4 Å². The molecule has 17 nitrogen and oxygen atoms in total. The second-order valence-electron chi connectivity index (χ2n) is 15.3. The summed E-state index contributed by atoms with van der Waals surface area (Å²) in [7, 11) is 0. The van der Waals surface area contributed by atoms with Gasteiger partial charge in [-0.2, -0.15) is 19.2 Å². The predicted octanol–water partition coefficient (Wildman–Crippen LogP) is 5.99. The number of aromatic nitrogens is 6. The van der Waals surface area contributed by atoms with Crippen molar-refractivity contribution < 1.29 is 33.1 Å². The number of benzene rings is 1. The summed E-state index contributed by atoms with van der Waals surface area (Å²) in [5.41, 5.74) is 2.13. The van der Waals surface area contributed by atoms with Crippen molar-refractivity contribution in [1.29, 1.82) is 0 Å². The number of hydrogen-bond donors (Lipinski definition) is 4. The minimum atomic E-state index is -0.651. The van der Waals surface area contributed by atoms with E-state index < -0.39 is 29.3 Å². The predicted molar refractivity (Wildman–Crippen MR) is 216 cm³/mol. The van der Waals surface area contributed by atoms with Crippen molar-refractivity contribution in [1.82, 2.24) is 39.8 Å². The van der Waals surface area contributed by atoms with Gasteiger partial charge in [-0.3, -0.25) is 34.7 Å². The van der Waals surface area contributed by atoms with Crippen molar-refractivity contribution in [2.75, 3.05) is 15.5 Å². The molecule has 5 amide bonds. The molecule has 4 aliphatic rings. The number of imide groups is 2. The van der Waals surface area contributed by atoms with Gasteiger partial charge in [0.2, 0.25) is 11.8 Å². The van der Waals surface area contributed by atoms with Crippen LogP contribution in [-0.2, 0) is 23.9 Å². The van der Waals surface area contributed by atoms with Crippen LogP contribution >= 0.6 is 23.2 Å². The van der Waals surface area contributed by atoms with E-state index in [0.717, 1.165) is 25.7 Å². The molecule has 0 atom stereocenters. The summed E-state index contributed by atoms with van der Waals surface area (Å²) in [6.45, 7) is 5.41. The SMILES string of the molecule is CC(C)(C)OC(=O)N(c1cc(Cl)nc2c(/C=C3\CC(=O)NC3=O)cnn12)C1CC1.O=C1C/C(=C\c2cnn3c(NC4CC4)cc(Nc4cc(Cl)ccc4F)nc23)C(=O)N1. The summed E-state index contributed by atoms with van der Waals surface area (Å²) >= 11 is 12.2. The van der Waals surface area contributed by atoms with Crippen LogP contribution in [0, 0.1) is 5.82 Å². The minimum Gasteiger partial charge on any atom is -0.443 e. The average Bonchev–Trinajstić information content (AvgIpc) is 4.02. The van der Waals surface area contributed by atoms with E-state index in [2.05, 4.69) is 41.4 Å². The highest BCUT2D eigenvalue weighted by Crippen LogP contribution is 2.35. The molecular weight excluding hydrogens is 808 g/mol. The van der Waals surface area contributed by atoms with E-state index in [1.54, 1.807) is 60.7 Å². The van der Waals surface area contributed by atoms with Crippen LogP contribution in [0.2, 0.25) is 10.2 Å². The highest BCUT2D eigenvalue weighted by Gasteiger charge is 2.38. The maximum absolute atomic E-state index is 14.2. The van der Waals surface area contributed by atoms with Crippen LogP contribution in [0.3, 0.4) is 0 Å². The Hall–Kier alpha value is -6.40. The smallest absolute Gasteiger partial charge is 0.416 e. The topological polar surface area (TPSA) is 206 Å². The first kappa shape index (κ1) is 39.4. The zero-order chi connectivity index (χ0) is 41.7. The molecule has 20 heteroatoms. The lowest BCUT2D eigenvalue weighted by atomic mass is 10.1. The van der Waals surface area contributed by atoms with E-state index in [1.807, 2.05) is 0 Å². The van der Waals surface area contributed by atoms with Gasteiger partial charge in [-0.25, -0.2) is 19.2 Å². The van der Waals surface area contributed by atoms with Crippen molar-refractivity contribution in [3.63, 3.8) is 0 Å². The summed E-state index contributed by atoms with van der Waals surface area (Å²) in [5.74, 6) is -0.512. The number of amides is 5. The number of rotatable bonds is 8. The first-order valence-corrected chi connectivity index (χ1v) is 19.4. The lowest BCUT2D eigenvalue weighted by Gasteiger charge is -2.27. The Bertz CT molecular complexity index is 2660. The van der Waals surface area contributed by atoms with Gasteiger partial charge in [0.15, 0.2) is 11.3 Å². The van der Waals surface area contributed by atoms with Crippen LogP contribution in [-0.4, -0.2) is 76.6 Å². The van der Waals surface area contributed by atoms with Crippen LogP contribution in [0.15, 0.2) is 53.9 Å². The minimum absolute atomic E-state index is 0.00393. The molecule has 59 heavy (non-hydrogen) atoms. The Labute approximate surface area is 345 Å². The fourth-order valence-electron chi connectivity index (χ4n) is 6.32. The zero-order valence-corrected chi connectivity index (χ0v) is 33.3. The lowest BCUT2D eigenvalue weighted by Crippen LogP contribution is -2.39. The molecule has 5 aromatic rings. The first-order chi connectivity index (χ1) is 28.1. The van der Waals surface area contributed by atoms with Crippen molar-refractivity contribution in [3.8, 4) is 0 Å². The number of halogens is 3. The van der Waals surface area contributed by atoms with Crippen LogP contribution in [0.4, 0.5) is 32.3 Å². The maximum Gasteiger partial charge on any atom is 0.416 e. The number of carbonyl (C=O) groups excluding carboxylic acids is 5. The molecule has 2 aliphatic carbocycles. The van der Waals surface area contributed by atoms with Gasteiger partial charge in [0.25, 0.3) is 11.8 Å². The molecule has 2 saturated carbocycles. The van der Waals surface area contributed by atoms with E-state index >= 15 is 0 Å². The van der Waals surface area contributed by atoms with E-state index in [0.29, 0.717) is 62.1 Å². The van der Waals surface area contributed by atoms with Gasteiger partial charge in [-0.05, 0) is 76.8 Å². The van der Waals surface area contributed by atoms with Crippen molar-refractivity contribution in [2.45, 2.75) is 77.0 Å². The molecule has 4 fully saturated rings. The van der Waals surface area contributed by atoms with Gasteiger partial charge >= 0.3 is 6.09 Å². The van der Waals surface area contributed by atoms with Crippen LogP contribution < -0.4 is 26.2 Å². The van der Waals surface area contributed by atoms with Crippen LogP contribution in [0.5, 0.6) is 0 Å². The number of fused-ring (bicyclic) bond motifs is 2. The molecule has 0 radical (unpaired) electrons. The molecule has 2 saturated heterocycles. The maximum atomic E-state index is 14.2. The Morgan fingerprint density at radius 2 is 1.49 bits per heavy atom. The van der Waals surface area contributed by atoms with Crippen molar-refractivity contribution in [3.05, 3.63) is 81.0 Å². The fraction of sp³-hybridized carbons (Fsp3) is 0.308. The highest BCUT2D eigenvalue weighted by atomic mass is 35.5. The Kier molecular flexibility index (Phi) is 10.3. The second kappa shape index (κ2) is 15.4. The third-order valence-corrected chi connectivity index (χ3v) is 9.70. The third kappa shape index (κ3) is 8.87. The van der Waals surface area contributed by atoms with Gasteiger partial charge in [-0.15, -0.1) is 0 Å². The number of ether oxygens (including phenoxy) is 1. The van der Waals surface area contributed by atoms with Gasteiger partial charge in [0.1, 0.15) is 34.0 Å². The third-order valence-electron chi connectivity index (χ3n) is 9.27. The number of anilines is 4. The average molecular weight is 845 g/mol. The van der Waals surface area contributed by atoms with Crippen molar-refractivity contribution in [2.24, 2.45) is 0 Å². The summed E-state index contributed by atoms with van der Waals surface area (Å²) in [6.07, 6.45) is 9.57. The number of nitrogens with zero attached hydrogens (tertiary/aromatic N) is 7. The van der Waals surface area contributed by atoms with Gasteiger partial charge in [0.05, 0.1) is 30.9 Å². The second-order valence-corrected chi connectivity index (χ2v) is 16.2. The van der Waals surface area contributed by atoms with Gasteiger partial charge < -0.3 is 15.4 Å². The monoisotopic (exact) mass is 843 g/mol. The van der Waals surface area contributed by atoms with Crippen molar-refractivity contribution >= 4 is 99.5 Å². The summed E-state index contributed by atoms with van der Waals surface area (Å²) in [4.78, 5) is 70.0. The molecular formula is C39H36Cl2FN11O6. The Morgan fingerprint density at radius 3 is 2.05 bits per heavy atom. The molecule has 6 heterocycles. The van der Waals surface area contributed by atoms with E-state index in [1.165, 1.54) is 28.9 Å². The number of carbonyl (C=O) groups is 5. The summed E-state index contributed by atoms with van der Waals surface area (Å²) in [5, 5.41) is 20.1. The molecule has 9 rings (SSSR count). The van der Waals surface area contributed by atoms with Gasteiger partial charge in [0, 0.05) is 51.5 Å². The molecule has 0 bridgehead atoms. The summed E-state index contributed by atoms with van der Waals surface area (Å²) < 4.78 is 22.9. The quantitative estimate of drug-likeness (QED) is 0.0808. The molecule has 0 spiro atoms. The molecule has 4 aromatic heterocycles. The van der Waals surface area contributed by atoms with E-state index in [-0.39, 0.29) is 41.5 Å². The lowest BCUT2D eigenvalue weighted by molar-refractivity contribution is -0.125. The highest BCUT2D eigenvalue weighted by molar-refractivity contribution is 6.31. The zero-order valence-electron chi connectivity index (χ0n) is 31.8. The number of nitrogens with one attached hydrogen (secondary N) is 4. The molecule has 0 unspecified atom stereocenters. The fourth-order valence-corrected chi connectivity index (χ4v) is 6.67. The van der Waals surface area contributed by atoms with Crippen LogP contribution in [0.1, 0.15) is 70.4 Å². The van der Waals surface area contributed by atoms with Crippen LogP contribution in [0.25, 0.3) is 23.4 Å². The standard InChI is InChI=1S/C20H16ClFN6O2.C19H20ClN5O4/c21-12-1-4-14(22)15(7-12)25-16-8-17(24-13-2-3-13)28-19(26-16)11(9-23-28)5-10-6-18(29)27-20(10)30;1-19(2,3)29-18(28)24(12-4-5-12)15-8-13(20)22-16-11(9-21-25(15)16)6-10-7-14(26)23-17(10)27/h1,4-5,7-9,13,24H,2-3,6H2,(H,25,26)(H,27,29,30);6,8-9,12H,4-5,7H2,1-3H3,(H,23,26,27)/b10-5+;10-6+.